The van der Waals surface area contributed by atoms with E-state index in [9.17, 15) is 4.79 Å². The summed E-state index contributed by atoms with van der Waals surface area (Å²) in [6, 6.07) is 39.7. The number of nitrogens with one attached hydrogen (secondary N) is 1. The molecule has 0 radical (unpaired) electrons. The Hall–Kier alpha value is -4.70. The van der Waals surface area contributed by atoms with Crippen LogP contribution in [0, 0.1) is 6.92 Å². The van der Waals surface area contributed by atoms with E-state index in [2.05, 4.69) is 89.3 Å². The Balaban J connectivity index is 1.43. The van der Waals surface area contributed by atoms with E-state index in [1.54, 1.807) is 0 Å². The number of aromatic nitrogens is 3. The largest absolute Gasteiger partial charge is 0.360 e. The van der Waals surface area contributed by atoms with Gasteiger partial charge in [0, 0.05) is 34.8 Å². The molecule has 0 aliphatic rings. The maximum absolute atomic E-state index is 13.2. The highest BCUT2D eigenvalue weighted by atomic mass is 16.1. The molecule has 0 aliphatic heterocycles. The summed E-state index contributed by atoms with van der Waals surface area (Å²) in [6.07, 6.45) is 4.73. The number of carbonyl (C=O) groups is 1. The summed E-state index contributed by atoms with van der Waals surface area (Å²) >= 11 is 0. The molecule has 4 heteroatoms. The van der Waals surface area contributed by atoms with Gasteiger partial charge in [0.05, 0.1) is 12.0 Å². The van der Waals surface area contributed by atoms with E-state index in [-0.39, 0.29) is 5.78 Å². The zero-order valence-electron chi connectivity index (χ0n) is 21.3. The maximum Gasteiger partial charge on any atom is 0.165 e. The molecule has 186 valence electrons. The number of nitrogens with zero attached hydrogens (tertiary/aromatic N) is 2. The van der Waals surface area contributed by atoms with E-state index in [1.165, 1.54) is 0 Å². The number of hydrogen-bond acceptors (Lipinski definition) is 2. The Morgan fingerprint density at radius 2 is 1.29 bits per heavy atom. The first-order valence-electron chi connectivity index (χ1n) is 13.0. The third-order valence-electron chi connectivity index (χ3n) is 7.52. The van der Waals surface area contributed by atoms with Crippen molar-refractivity contribution in [2.75, 3.05) is 0 Å². The second kappa shape index (κ2) is 9.98. The van der Waals surface area contributed by atoms with Crippen LogP contribution in [0.15, 0.2) is 128 Å². The molecule has 0 spiro atoms. The van der Waals surface area contributed by atoms with Gasteiger partial charge in [0.2, 0.25) is 0 Å². The first-order valence-corrected chi connectivity index (χ1v) is 13.0. The van der Waals surface area contributed by atoms with Crippen molar-refractivity contribution in [1.29, 1.82) is 0 Å². The van der Waals surface area contributed by atoms with Crippen molar-refractivity contribution in [2.24, 2.45) is 0 Å². The van der Waals surface area contributed by atoms with Crippen LogP contribution < -0.4 is 0 Å². The lowest BCUT2D eigenvalue weighted by Crippen LogP contribution is -2.38. The van der Waals surface area contributed by atoms with Crippen molar-refractivity contribution in [1.82, 2.24) is 14.5 Å². The van der Waals surface area contributed by atoms with Crippen LogP contribution in [0.5, 0.6) is 0 Å². The summed E-state index contributed by atoms with van der Waals surface area (Å²) in [5.41, 5.74) is 6.55. The van der Waals surface area contributed by atoms with Crippen LogP contribution in [-0.2, 0) is 12.0 Å². The van der Waals surface area contributed by atoms with Gasteiger partial charge in [-0.1, -0.05) is 109 Å². The highest BCUT2D eigenvalue weighted by Gasteiger charge is 2.39. The van der Waals surface area contributed by atoms with Crippen LogP contribution in [0.2, 0.25) is 0 Å². The molecule has 4 nitrogen and oxygen atoms in total. The molecule has 0 fully saturated rings. The van der Waals surface area contributed by atoms with Crippen molar-refractivity contribution >= 4 is 16.7 Å². The first-order chi connectivity index (χ1) is 18.7. The summed E-state index contributed by atoms with van der Waals surface area (Å²) in [5.74, 6) is 0.122. The monoisotopic (exact) mass is 495 g/mol. The molecule has 0 saturated heterocycles. The first kappa shape index (κ1) is 23.7. The maximum atomic E-state index is 13.2. The van der Waals surface area contributed by atoms with Gasteiger partial charge in [-0.15, -0.1) is 0 Å². The highest BCUT2D eigenvalue weighted by Crippen LogP contribution is 2.42. The third kappa shape index (κ3) is 3.95. The van der Waals surface area contributed by atoms with Crippen LogP contribution in [0.25, 0.3) is 10.9 Å². The molecule has 2 heterocycles. The van der Waals surface area contributed by atoms with Gasteiger partial charge in [-0.25, -0.2) is 4.98 Å². The molecule has 0 saturated carbocycles. The summed E-state index contributed by atoms with van der Waals surface area (Å²) in [6.45, 7) is 2.11. The predicted molar refractivity (Wildman–Crippen MR) is 153 cm³/mol. The fraction of sp³-hybridized carbons (Fsp3) is 0.118. The fourth-order valence-corrected chi connectivity index (χ4v) is 5.65. The van der Waals surface area contributed by atoms with Crippen LogP contribution in [0.1, 0.15) is 44.9 Å². The zero-order chi connectivity index (χ0) is 26.0. The lowest BCUT2D eigenvalue weighted by Gasteiger charge is -2.38. The Labute approximate surface area is 222 Å². The lowest BCUT2D eigenvalue weighted by atomic mass is 9.76. The van der Waals surface area contributed by atoms with Gasteiger partial charge < -0.3 is 9.55 Å². The number of Topliss-reactive ketones (excluding diaryl/α,β-unsaturated/α-hetero) is 1. The summed E-state index contributed by atoms with van der Waals surface area (Å²) in [5, 5.41) is 0.969. The second-order valence-electron chi connectivity index (χ2n) is 9.63. The average molecular weight is 496 g/mol. The molecule has 2 aromatic heterocycles. The van der Waals surface area contributed by atoms with Crippen molar-refractivity contribution in [3.8, 4) is 0 Å². The normalized spacial score (nSPS) is 11.6. The van der Waals surface area contributed by atoms with E-state index < -0.39 is 5.54 Å². The topological polar surface area (TPSA) is 50.7 Å². The van der Waals surface area contributed by atoms with Crippen LogP contribution in [0.4, 0.5) is 0 Å². The smallest absolute Gasteiger partial charge is 0.165 e. The van der Waals surface area contributed by atoms with E-state index in [0.29, 0.717) is 12.8 Å². The number of hydrogen-bond donors (Lipinski definition) is 1. The lowest BCUT2D eigenvalue weighted by molar-refractivity contribution is 0.0984. The molecule has 4 aromatic carbocycles. The molecule has 1 N–H and O–H groups in total. The van der Waals surface area contributed by atoms with E-state index in [4.69, 9.17) is 4.98 Å². The molecular formula is C34H29N3O. The Bertz CT molecular complexity index is 1590. The van der Waals surface area contributed by atoms with Crippen molar-refractivity contribution < 1.29 is 4.79 Å². The van der Waals surface area contributed by atoms with Gasteiger partial charge in [0.1, 0.15) is 5.54 Å². The SMILES string of the molecule is Cc1c(CCC(=O)c2c[nH]c3ccccc23)ncn1C(c1ccccc1)(c1ccccc1)c1ccccc1. The standard InChI is InChI=1S/C34H29N3O/c1-25-31(21-22-33(38)30-23-35-32-20-12-11-19-29(30)32)36-24-37(25)34(26-13-5-2-6-14-26,27-15-7-3-8-16-27)28-17-9-4-10-18-28/h2-20,23-24,35H,21-22H2,1H3. The molecule has 38 heavy (non-hydrogen) atoms. The molecule has 6 aromatic rings. The number of ketones is 1. The predicted octanol–water partition coefficient (Wildman–Crippen LogP) is 7.33. The van der Waals surface area contributed by atoms with Gasteiger partial charge >= 0.3 is 0 Å². The summed E-state index contributed by atoms with van der Waals surface area (Å²) in [4.78, 5) is 21.3. The zero-order valence-corrected chi connectivity index (χ0v) is 21.3. The van der Waals surface area contributed by atoms with Crippen LogP contribution in [0.3, 0.4) is 0 Å². The van der Waals surface area contributed by atoms with Crippen molar-refractivity contribution in [2.45, 2.75) is 25.3 Å². The molecule has 0 bridgehead atoms. The highest BCUT2D eigenvalue weighted by molar-refractivity contribution is 6.07. The minimum atomic E-state index is -0.611. The van der Waals surface area contributed by atoms with Gasteiger partial charge in [-0.2, -0.15) is 0 Å². The minimum absolute atomic E-state index is 0.122. The van der Waals surface area contributed by atoms with E-state index in [1.807, 2.05) is 55.0 Å². The number of fused-ring (bicyclic) bond motifs is 1. The molecular weight excluding hydrogens is 466 g/mol. The molecule has 0 amide bonds. The second-order valence-corrected chi connectivity index (χ2v) is 9.63. The van der Waals surface area contributed by atoms with Crippen molar-refractivity contribution in [3.63, 3.8) is 0 Å². The average Bonchev–Trinajstić information content (AvgIpc) is 3.58. The third-order valence-corrected chi connectivity index (χ3v) is 7.52. The molecule has 6 rings (SSSR count). The summed E-state index contributed by atoms with van der Waals surface area (Å²) in [7, 11) is 0. The van der Waals surface area contributed by atoms with Crippen LogP contribution in [-0.4, -0.2) is 20.3 Å². The van der Waals surface area contributed by atoms with Gasteiger partial charge in [0.25, 0.3) is 0 Å². The van der Waals surface area contributed by atoms with Crippen LogP contribution >= 0.6 is 0 Å². The number of imidazole rings is 1. The number of carbonyl (C=O) groups excluding carboxylic acids is 1. The summed E-state index contributed by atoms with van der Waals surface area (Å²) < 4.78 is 2.28. The number of H-pyrrole nitrogens is 1. The van der Waals surface area contributed by atoms with Gasteiger partial charge in [-0.05, 0) is 36.1 Å². The minimum Gasteiger partial charge on any atom is -0.360 e. The number of benzene rings is 4. The van der Waals surface area contributed by atoms with E-state index >= 15 is 0 Å². The van der Waals surface area contributed by atoms with E-state index in [0.717, 1.165) is 44.5 Å². The Morgan fingerprint density at radius 3 is 1.87 bits per heavy atom. The molecule has 0 atom stereocenters. The van der Waals surface area contributed by atoms with Gasteiger partial charge in [0.15, 0.2) is 5.78 Å². The quantitative estimate of drug-likeness (QED) is 0.178. The molecule has 0 aliphatic carbocycles. The number of aryl methyl sites for hydroxylation is 1. The number of rotatable bonds is 8. The molecule has 0 unspecified atom stereocenters. The van der Waals surface area contributed by atoms with Crippen molar-refractivity contribution in [3.05, 3.63) is 161 Å². The Kier molecular flexibility index (Phi) is 6.22. The Morgan fingerprint density at radius 1 is 0.763 bits per heavy atom. The number of para-hydroxylation sites is 1. The fourth-order valence-electron chi connectivity index (χ4n) is 5.65. The number of aromatic amines is 1. The van der Waals surface area contributed by atoms with Gasteiger partial charge in [-0.3, -0.25) is 4.79 Å².